The third kappa shape index (κ3) is 7.92. The molecule has 0 bridgehead atoms. The Morgan fingerprint density at radius 3 is 2.67 bits per heavy atom. The van der Waals surface area contributed by atoms with E-state index in [1.165, 1.54) is 0 Å². The number of ether oxygens (including phenoxy) is 1. The number of rotatable bonds is 5. The minimum Gasteiger partial charge on any atom is -0.479 e. The number of nitrogens with two attached hydrogens (primary N) is 1. The molecule has 0 amide bonds. The van der Waals surface area contributed by atoms with E-state index in [9.17, 15) is 0 Å². The van der Waals surface area contributed by atoms with E-state index >= 15 is 0 Å². The predicted octanol–water partition coefficient (Wildman–Crippen LogP) is 0.156. The minimum atomic E-state index is 0.370. The van der Waals surface area contributed by atoms with Gasteiger partial charge >= 0.3 is 0 Å². The van der Waals surface area contributed by atoms with Crippen molar-refractivity contribution in [1.29, 1.82) is 0 Å². The summed E-state index contributed by atoms with van der Waals surface area (Å²) < 4.78 is 5.30. The van der Waals surface area contributed by atoms with Crippen LogP contribution in [0.5, 0.6) is 0 Å². The van der Waals surface area contributed by atoms with E-state index in [4.69, 9.17) is 4.74 Å². The lowest BCUT2D eigenvalue weighted by atomic mass is 10.4. The fourth-order valence-electron chi connectivity index (χ4n) is 0.547. The summed E-state index contributed by atoms with van der Waals surface area (Å²) in [6.07, 6.45) is 1.47. The van der Waals surface area contributed by atoms with Gasteiger partial charge < -0.3 is 10.1 Å². The normalized spacial score (nSPS) is 10.7. The monoisotopic (exact) mass is 131 g/mol. The number of hydrogen-bond acceptors (Lipinski definition) is 1. The molecular formula is C7H17NO. The molecule has 0 atom stereocenters. The van der Waals surface area contributed by atoms with Gasteiger partial charge in [0.1, 0.15) is 0 Å². The van der Waals surface area contributed by atoms with Crippen molar-refractivity contribution >= 4 is 0 Å². The summed E-state index contributed by atoms with van der Waals surface area (Å²) in [6, 6.07) is 0. The van der Waals surface area contributed by atoms with Gasteiger partial charge in [0.25, 0.3) is 0 Å². The summed E-state index contributed by atoms with van der Waals surface area (Å²) in [5, 5.41) is 1.92. The minimum absolute atomic E-state index is 0.370. The fourth-order valence-corrected chi connectivity index (χ4v) is 0.547. The van der Waals surface area contributed by atoms with Crippen LogP contribution in [0.1, 0.15) is 20.3 Å². The van der Waals surface area contributed by atoms with E-state index in [1.54, 1.807) is 0 Å². The molecule has 0 radical (unpaired) electrons. The zero-order valence-electron chi connectivity index (χ0n) is 6.39. The van der Waals surface area contributed by atoms with Gasteiger partial charge in [-0.1, -0.05) is 0 Å². The van der Waals surface area contributed by atoms with Gasteiger partial charge in [-0.25, -0.2) is 0 Å². The molecule has 0 aliphatic rings. The summed E-state index contributed by atoms with van der Waals surface area (Å²) in [4.78, 5) is 0. The Hall–Kier alpha value is -0.0800. The maximum absolute atomic E-state index is 5.30. The molecule has 0 unspecified atom stereocenters. The molecule has 0 aromatic carbocycles. The summed E-state index contributed by atoms with van der Waals surface area (Å²) in [5.41, 5.74) is 0. The van der Waals surface area contributed by atoms with Gasteiger partial charge in [-0.15, -0.1) is 0 Å². The van der Waals surface area contributed by atoms with Gasteiger partial charge in [-0.3, -0.25) is 0 Å². The first-order chi connectivity index (χ1) is 4.27. The first-order valence-corrected chi connectivity index (χ1v) is 3.50. The standard InChI is InChI=1S/C7H17NO/c1-7(2)9-6-4-5-8-3/h7H,3-6,8H2,1-2H3. The molecule has 0 saturated carbocycles. The zero-order valence-corrected chi connectivity index (χ0v) is 6.39. The van der Waals surface area contributed by atoms with Gasteiger partial charge in [-0.2, -0.15) is 7.05 Å². The van der Waals surface area contributed by atoms with Crippen molar-refractivity contribution in [2.24, 2.45) is 0 Å². The van der Waals surface area contributed by atoms with Gasteiger partial charge in [0.2, 0.25) is 0 Å². The van der Waals surface area contributed by atoms with Crippen LogP contribution in [0.4, 0.5) is 0 Å². The van der Waals surface area contributed by atoms with Crippen molar-refractivity contribution in [3.8, 4) is 0 Å². The van der Waals surface area contributed by atoms with Crippen molar-refractivity contribution < 1.29 is 10.1 Å². The molecule has 2 N–H and O–H groups in total. The summed E-state index contributed by atoms with van der Waals surface area (Å²) >= 11 is 0. The lowest BCUT2D eigenvalue weighted by Gasteiger charge is -2.05. The highest BCUT2D eigenvalue weighted by atomic mass is 16.5. The van der Waals surface area contributed by atoms with Crippen LogP contribution in [0.2, 0.25) is 0 Å². The van der Waals surface area contributed by atoms with E-state index in [0.717, 1.165) is 19.6 Å². The molecule has 9 heavy (non-hydrogen) atoms. The Morgan fingerprint density at radius 2 is 2.22 bits per heavy atom. The molecule has 0 heterocycles. The Balaban J connectivity index is 2.75. The summed E-state index contributed by atoms with van der Waals surface area (Å²) in [5.74, 6) is 0. The van der Waals surface area contributed by atoms with Crippen molar-refractivity contribution in [3.05, 3.63) is 7.05 Å². The van der Waals surface area contributed by atoms with Crippen molar-refractivity contribution in [1.82, 2.24) is 0 Å². The van der Waals surface area contributed by atoms with E-state index in [1.807, 2.05) is 19.2 Å². The highest BCUT2D eigenvalue weighted by Crippen LogP contribution is 1.87. The van der Waals surface area contributed by atoms with Crippen LogP contribution in [-0.4, -0.2) is 19.3 Å². The lowest BCUT2D eigenvalue weighted by Crippen LogP contribution is -2.77. The molecule has 0 fully saturated rings. The van der Waals surface area contributed by atoms with Gasteiger partial charge in [0, 0.05) is 6.42 Å². The maximum Gasteiger partial charge on any atom is 0.0537 e. The van der Waals surface area contributed by atoms with Crippen LogP contribution in [-0.2, 0) is 4.74 Å². The molecule has 0 saturated heterocycles. The fraction of sp³-hybridized carbons (Fsp3) is 0.857. The van der Waals surface area contributed by atoms with Crippen molar-refractivity contribution in [2.75, 3.05) is 13.2 Å². The van der Waals surface area contributed by atoms with Crippen LogP contribution in [0.3, 0.4) is 0 Å². The third-order valence-corrected chi connectivity index (χ3v) is 1.00. The Bertz CT molecular complexity index is 54.9. The molecule has 0 aliphatic carbocycles. The molecule has 2 heteroatoms. The van der Waals surface area contributed by atoms with Crippen molar-refractivity contribution in [2.45, 2.75) is 26.4 Å². The molecule has 2 nitrogen and oxygen atoms in total. The second-order valence-corrected chi connectivity index (χ2v) is 2.35. The van der Waals surface area contributed by atoms with Crippen LogP contribution < -0.4 is 5.32 Å². The third-order valence-electron chi connectivity index (χ3n) is 1.00. The average Bonchev–Trinajstić information content (AvgIpc) is 1.80. The maximum atomic E-state index is 5.30. The average molecular weight is 131 g/mol. The van der Waals surface area contributed by atoms with Crippen LogP contribution in [0.15, 0.2) is 0 Å². The first-order valence-electron chi connectivity index (χ1n) is 3.50. The summed E-state index contributed by atoms with van der Waals surface area (Å²) in [6.45, 7) is 6.03. The van der Waals surface area contributed by atoms with Gasteiger partial charge in [0.15, 0.2) is 0 Å². The molecule has 0 spiro atoms. The SMILES string of the molecule is [CH2-][NH2+]CCCOC(C)C. The van der Waals surface area contributed by atoms with Gasteiger partial charge in [0.05, 0.1) is 19.3 Å². The van der Waals surface area contributed by atoms with E-state index < -0.39 is 0 Å². The second-order valence-electron chi connectivity index (χ2n) is 2.35. The van der Waals surface area contributed by atoms with Crippen LogP contribution >= 0.6 is 0 Å². The molecule has 0 aliphatic heterocycles. The second kappa shape index (κ2) is 6.05. The van der Waals surface area contributed by atoms with Crippen molar-refractivity contribution in [3.63, 3.8) is 0 Å². The molecule has 0 aromatic rings. The number of hydrogen-bond donors (Lipinski definition) is 1. The predicted molar refractivity (Wildman–Crippen MR) is 37.9 cm³/mol. The first kappa shape index (κ1) is 8.92. The Labute approximate surface area is 57.6 Å². The Morgan fingerprint density at radius 1 is 1.56 bits per heavy atom. The van der Waals surface area contributed by atoms with Crippen LogP contribution in [0, 0.1) is 7.05 Å². The Kier molecular flexibility index (Phi) is 5.99. The molecule has 56 valence electrons. The topological polar surface area (TPSA) is 25.8 Å². The van der Waals surface area contributed by atoms with E-state index in [0.29, 0.717) is 6.10 Å². The summed E-state index contributed by atoms with van der Waals surface area (Å²) in [7, 11) is 3.62. The van der Waals surface area contributed by atoms with Gasteiger partial charge in [-0.05, 0) is 13.8 Å². The zero-order chi connectivity index (χ0) is 7.11. The lowest BCUT2D eigenvalue weighted by molar-refractivity contribution is -0.596. The molecule has 0 rings (SSSR count). The highest BCUT2D eigenvalue weighted by Gasteiger charge is 1.90. The quantitative estimate of drug-likeness (QED) is 0.417. The van der Waals surface area contributed by atoms with Crippen LogP contribution in [0.25, 0.3) is 0 Å². The number of quaternary nitrogens is 1. The highest BCUT2D eigenvalue weighted by molar-refractivity contribution is 4.36. The molecule has 0 aromatic heterocycles. The molecular weight excluding hydrogens is 114 g/mol. The largest absolute Gasteiger partial charge is 0.479 e. The van der Waals surface area contributed by atoms with E-state index in [2.05, 4.69) is 7.05 Å². The van der Waals surface area contributed by atoms with E-state index in [-0.39, 0.29) is 0 Å². The smallest absolute Gasteiger partial charge is 0.0537 e.